The molecule has 0 aromatic rings. The topological polar surface area (TPSA) is 24.5 Å². The van der Waals surface area contributed by atoms with E-state index in [1.807, 2.05) is 0 Å². The fourth-order valence-electron chi connectivity index (χ4n) is 2.51. The van der Waals surface area contributed by atoms with Crippen LogP contribution in [0.1, 0.15) is 25.7 Å². The van der Waals surface area contributed by atoms with E-state index in [4.69, 9.17) is 4.74 Å². The van der Waals surface area contributed by atoms with E-state index in [1.165, 1.54) is 38.8 Å². The predicted molar refractivity (Wildman–Crippen MR) is 57.5 cm³/mol. The summed E-state index contributed by atoms with van der Waals surface area (Å²) in [5.41, 5.74) is 0. The third-order valence-corrected chi connectivity index (χ3v) is 3.45. The molecule has 0 spiro atoms. The van der Waals surface area contributed by atoms with Gasteiger partial charge in [-0.25, -0.2) is 0 Å². The Labute approximate surface area is 86.8 Å². The van der Waals surface area contributed by atoms with Gasteiger partial charge in [0.25, 0.3) is 0 Å². The van der Waals surface area contributed by atoms with Gasteiger partial charge in [-0.15, -0.1) is 0 Å². The number of likely N-dealkylation sites (N-methyl/N-ethyl adjacent to an activating group) is 1. The Kier molecular flexibility index (Phi) is 3.79. The summed E-state index contributed by atoms with van der Waals surface area (Å²) in [5.74, 6) is 0. The minimum atomic E-state index is 0.509. The molecule has 0 aromatic heterocycles. The summed E-state index contributed by atoms with van der Waals surface area (Å²) >= 11 is 0. The van der Waals surface area contributed by atoms with Crippen molar-refractivity contribution < 1.29 is 4.74 Å². The molecule has 3 nitrogen and oxygen atoms in total. The molecule has 2 aliphatic rings. The minimum Gasteiger partial charge on any atom is -0.377 e. The highest BCUT2D eigenvalue weighted by Crippen LogP contribution is 2.16. The zero-order valence-electron chi connectivity index (χ0n) is 9.17. The molecule has 0 bridgehead atoms. The molecule has 82 valence electrons. The first-order valence-electron chi connectivity index (χ1n) is 5.89. The number of nitrogens with zero attached hydrogens (tertiary/aromatic N) is 1. The lowest BCUT2D eigenvalue weighted by molar-refractivity contribution is 0.0623. The number of piperidine rings is 1. The lowest BCUT2D eigenvalue weighted by Gasteiger charge is -2.32. The normalized spacial score (nSPS) is 30.0. The molecule has 3 heteroatoms. The molecule has 0 amide bonds. The Hall–Kier alpha value is -0.120. The molecular formula is C11H22N2O. The van der Waals surface area contributed by atoms with E-state index in [0.717, 1.165) is 19.2 Å². The van der Waals surface area contributed by atoms with Gasteiger partial charge in [-0.2, -0.15) is 0 Å². The highest BCUT2D eigenvalue weighted by Gasteiger charge is 2.22. The quantitative estimate of drug-likeness (QED) is 0.727. The highest BCUT2D eigenvalue weighted by atomic mass is 16.5. The van der Waals surface area contributed by atoms with E-state index >= 15 is 0 Å². The average Bonchev–Trinajstić information content (AvgIpc) is 2.72. The number of rotatable bonds is 3. The molecule has 2 rings (SSSR count). The standard InChI is InChI=1S/C11H22N2O/c1-13(9-11-3-2-8-14-11)10-4-6-12-7-5-10/h10-12H,2-9H2,1H3/t11-/m1/s1. The molecular weight excluding hydrogens is 176 g/mol. The second kappa shape index (κ2) is 5.10. The van der Waals surface area contributed by atoms with Gasteiger partial charge in [-0.1, -0.05) is 0 Å². The highest BCUT2D eigenvalue weighted by molar-refractivity contribution is 4.78. The maximum Gasteiger partial charge on any atom is 0.0702 e. The lowest BCUT2D eigenvalue weighted by Crippen LogP contribution is -2.43. The summed E-state index contributed by atoms with van der Waals surface area (Å²) in [6.07, 6.45) is 5.61. The van der Waals surface area contributed by atoms with Crippen molar-refractivity contribution in [3.8, 4) is 0 Å². The van der Waals surface area contributed by atoms with Crippen LogP contribution in [0.5, 0.6) is 0 Å². The van der Waals surface area contributed by atoms with Gasteiger partial charge in [0.15, 0.2) is 0 Å². The van der Waals surface area contributed by atoms with Crippen molar-refractivity contribution in [1.29, 1.82) is 0 Å². The Morgan fingerprint density at radius 3 is 2.71 bits per heavy atom. The maximum absolute atomic E-state index is 5.66. The van der Waals surface area contributed by atoms with Crippen molar-refractivity contribution in [3.05, 3.63) is 0 Å². The first kappa shape index (κ1) is 10.4. The Morgan fingerprint density at radius 1 is 1.29 bits per heavy atom. The zero-order valence-corrected chi connectivity index (χ0v) is 9.17. The first-order valence-corrected chi connectivity index (χ1v) is 5.89. The second-order valence-corrected chi connectivity index (χ2v) is 4.56. The summed E-state index contributed by atoms with van der Waals surface area (Å²) < 4.78 is 5.66. The second-order valence-electron chi connectivity index (χ2n) is 4.56. The molecule has 2 fully saturated rings. The number of nitrogens with one attached hydrogen (secondary N) is 1. The smallest absolute Gasteiger partial charge is 0.0702 e. The van der Waals surface area contributed by atoms with Crippen molar-refractivity contribution in [2.45, 2.75) is 37.8 Å². The van der Waals surface area contributed by atoms with E-state index in [-0.39, 0.29) is 0 Å². The molecule has 0 radical (unpaired) electrons. The molecule has 14 heavy (non-hydrogen) atoms. The van der Waals surface area contributed by atoms with E-state index in [0.29, 0.717) is 6.10 Å². The summed E-state index contributed by atoms with van der Waals surface area (Å²) in [4.78, 5) is 2.50. The summed E-state index contributed by atoms with van der Waals surface area (Å²) in [6.45, 7) is 4.47. The summed E-state index contributed by atoms with van der Waals surface area (Å²) in [6, 6.07) is 0.778. The molecule has 0 aromatic carbocycles. The fourth-order valence-corrected chi connectivity index (χ4v) is 2.51. The first-order chi connectivity index (χ1) is 6.86. The maximum atomic E-state index is 5.66. The lowest BCUT2D eigenvalue weighted by atomic mass is 10.0. The van der Waals surface area contributed by atoms with Crippen molar-refractivity contribution in [2.75, 3.05) is 33.3 Å². The van der Waals surface area contributed by atoms with Gasteiger partial charge in [0.05, 0.1) is 6.10 Å². The molecule has 1 N–H and O–H groups in total. The Bertz CT molecular complexity index is 163. The molecule has 0 unspecified atom stereocenters. The van der Waals surface area contributed by atoms with Crippen LogP contribution in [0.4, 0.5) is 0 Å². The summed E-state index contributed by atoms with van der Waals surface area (Å²) in [5, 5.41) is 3.41. The van der Waals surface area contributed by atoms with Crippen LogP contribution in [0.3, 0.4) is 0 Å². The predicted octanol–water partition coefficient (Wildman–Crippen LogP) is 0.849. The van der Waals surface area contributed by atoms with Crippen LogP contribution in [0.25, 0.3) is 0 Å². The van der Waals surface area contributed by atoms with Crippen LogP contribution in [0.2, 0.25) is 0 Å². The van der Waals surface area contributed by atoms with Crippen molar-refractivity contribution in [1.82, 2.24) is 10.2 Å². The Balaban J connectivity index is 1.72. The molecule has 0 aliphatic carbocycles. The molecule has 2 saturated heterocycles. The molecule has 0 saturated carbocycles. The number of hydrogen-bond acceptors (Lipinski definition) is 3. The van der Waals surface area contributed by atoms with E-state index in [2.05, 4.69) is 17.3 Å². The van der Waals surface area contributed by atoms with Gasteiger partial charge < -0.3 is 15.0 Å². The SMILES string of the molecule is CN(C[C@H]1CCCO1)C1CCNCC1. The minimum absolute atomic E-state index is 0.509. The van der Waals surface area contributed by atoms with Gasteiger partial charge in [-0.3, -0.25) is 0 Å². The van der Waals surface area contributed by atoms with Gasteiger partial charge in [-0.05, 0) is 45.8 Å². The number of ether oxygens (including phenoxy) is 1. The molecule has 2 heterocycles. The van der Waals surface area contributed by atoms with Crippen LogP contribution in [-0.4, -0.2) is 50.3 Å². The average molecular weight is 198 g/mol. The van der Waals surface area contributed by atoms with Crippen molar-refractivity contribution in [2.24, 2.45) is 0 Å². The van der Waals surface area contributed by atoms with Gasteiger partial charge in [0.1, 0.15) is 0 Å². The number of hydrogen-bond donors (Lipinski definition) is 1. The van der Waals surface area contributed by atoms with Crippen LogP contribution in [-0.2, 0) is 4.74 Å². The van der Waals surface area contributed by atoms with Gasteiger partial charge >= 0.3 is 0 Å². The zero-order chi connectivity index (χ0) is 9.80. The molecule has 2 aliphatic heterocycles. The molecule has 1 atom stereocenters. The fraction of sp³-hybridized carbons (Fsp3) is 1.00. The summed E-state index contributed by atoms with van der Waals surface area (Å²) in [7, 11) is 2.25. The van der Waals surface area contributed by atoms with Gasteiger partial charge in [0.2, 0.25) is 0 Å². The monoisotopic (exact) mass is 198 g/mol. The van der Waals surface area contributed by atoms with Crippen molar-refractivity contribution in [3.63, 3.8) is 0 Å². The van der Waals surface area contributed by atoms with Gasteiger partial charge in [0, 0.05) is 19.2 Å². The Morgan fingerprint density at radius 2 is 2.07 bits per heavy atom. The van der Waals surface area contributed by atoms with Crippen LogP contribution in [0.15, 0.2) is 0 Å². The third-order valence-electron chi connectivity index (χ3n) is 3.45. The van der Waals surface area contributed by atoms with Crippen LogP contribution >= 0.6 is 0 Å². The largest absolute Gasteiger partial charge is 0.377 e. The van der Waals surface area contributed by atoms with Crippen LogP contribution < -0.4 is 5.32 Å². The van der Waals surface area contributed by atoms with E-state index in [1.54, 1.807) is 0 Å². The van der Waals surface area contributed by atoms with E-state index < -0.39 is 0 Å². The van der Waals surface area contributed by atoms with E-state index in [9.17, 15) is 0 Å². The third kappa shape index (κ3) is 2.69. The van der Waals surface area contributed by atoms with Crippen LogP contribution in [0, 0.1) is 0 Å². The van der Waals surface area contributed by atoms with Crippen molar-refractivity contribution >= 4 is 0 Å².